The zero-order valence-corrected chi connectivity index (χ0v) is 20.6. The Morgan fingerprint density at radius 3 is 2.46 bits per heavy atom. The van der Waals surface area contributed by atoms with Gasteiger partial charge in [0.2, 0.25) is 0 Å². The summed E-state index contributed by atoms with van der Waals surface area (Å²) in [6, 6.07) is 21.6. The largest absolute Gasteiger partial charge is 0.489 e. The van der Waals surface area contributed by atoms with Crippen molar-refractivity contribution in [2.24, 2.45) is 0 Å². The molecule has 0 bridgehead atoms. The zero-order valence-electron chi connectivity index (χ0n) is 19.0. The summed E-state index contributed by atoms with van der Waals surface area (Å²) in [6.45, 7) is 3.66. The maximum Gasteiger partial charge on any atom is 0.418 e. The number of para-hydroxylation sites is 1. The smallest absolute Gasteiger partial charge is 0.418 e. The zero-order chi connectivity index (χ0) is 25.2. The molecule has 3 aromatic carbocycles. The number of halogens is 4. The molecule has 0 aliphatic heterocycles. The fourth-order valence-electron chi connectivity index (χ4n) is 3.93. The van der Waals surface area contributed by atoms with E-state index in [0.717, 1.165) is 16.1 Å². The molecule has 35 heavy (non-hydrogen) atoms. The number of carbonyl (C=O) groups excluding carboxylic acids is 1. The Bertz CT molecular complexity index is 1380. The number of hydrogen-bond acceptors (Lipinski definition) is 2. The molecule has 1 N–H and O–H groups in total. The van der Waals surface area contributed by atoms with Gasteiger partial charge in [-0.15, -0.1) is 0 Å². The molecule has 8 heteroatoms. The third kappa shape index (κ3) is 5.59. The summed E-state index contributed by atoms with van der Waals surface area (Å²) in [5.41, 5.74) is 1.96. The van der Waals surface area contributed by atoms with Crippen molar-refractivity contribution >= 4 is 27.5 Å². The molecule has 0 aliphatic rings. The third-order valence-electron chi connectivity index (χ3n) is 5.51. The SMILES string of the molecule is Cc1cc(C(=O)Nc2cccc(OCc3cccc(Br)c3)c2)c(C)n1-c1ccccc1C(F)(F)F. The minimum Gasteiger partial charge on any atom is -0.489 e. The van der Waals surface area contributed by atoms with Crippen LogP contribution in [-0.2, 0) is 12.8 Å². The lowest BCUT2D eigenvalue weighted by Gasteiger charge is -2.17. The van der Waals surface area contributed by atoms with E-state index in [1.54, 1.807) is 50.2 Å². The van der Waals surface area contributed by atoms with E-state index in [-0.39, 0.29) is 5.69 Å². The molecular formula is C27H22BrF3N2O2. The Balaban J connectivity index is 1.55. The quantitative estimate of drug-likeness (QED) is 0.271. The van der Waals surface area contributed by atoms with E-state index in [2.05, 4.69) is 21.2 Å². The van der Waals surface area contributed by atoms with E-state index >= 15 is 0 Å². The van der Waals surface area contributed by atoms with Crippen molar-refractivity contribution in [1.82, 2.24) is 4.57 Å². The van der Waals surface area contributed by atoms with Gasteiger partial charge in [-0.05, 0) is 61.9 Å². The van der Waals surface area contributed by atoms with Crippen LogP contribution in [0, 0.1) is 13.8 Å². The Hall–Kier alpha value is -3.52. The molecule has 4 rings (SSSR count). The number of anilines is 1. The van der Waals surface area contributed by atoms with Crippen LogP contribution in [0.4, 0.5) is 18.9 Å². The van der Waals surface area contributed by atoms with Gasteiger partial charge < -0.3 is 14.6 Å². The first-order chi connectivity index (χ1) is 16.6. The molecule has 0 atom stereocenters. The summed E-state index contributed by atoms with van der Waals surface area (Å²) in [4.78, 5) is 13.0. The number of hydrogen-bond donors (Lipinski definition) is 1. The molecule has 0 saturated carbocycles. The summed E-state index contributed by atoms with van der Waals surface area (Å²) in [7, 11) is 0. The molecule has 4 nitrogen and oxygen atoms in total. The van der Waals surface area contributed by atoms with Crippen molar-refractivity contribution in [3.8, 4) is 11.4 Å². The van der Waals surface area contributed by atoms with E-state index in [4.69, 9.17) is 4.74 Å². The summed E-state index contributed by atoms with van der Waals surface area (Å²) in [6.07, 6.45) is -4.52. The number of nitrogens with one attached hydrogen (secondary N) is 1. The van der Waals surface area contributed by atoms with Gasteiger partial charge >= 0.3 is 6.18 Å². The van der Waals surface area contributed by atoms with Crippen molar-refractivity contribution in [2.45, 2.75) is 26.6 Å². The maximum absolute atomic E-state index is 13.6. The van der Waals surface area contributed by atoms with Crippen LogP contribution >= 0.6 is 15.9 Å². The highest BCUT2D eigenvalue weighted by Crippen LogP contribution is 2.35. The van der Waals surface area contributed by atoms with Crippen LogP contribution in [0.3, 0.4) is 0 Å². The topological polar surface area (TPSA) is 43.3 Å². The number of aromatic nitrogens is 1. The van der Waals surface area contributed by atoms with E-state index in [1.165, 1.54) is 16.7 Å². The van der Waals surface area contributed by atoms with Crippen LogP contribution in [0.5, 0.6) is 5.75 Å². The third-order valence-corrected chi connectivity index (χ3v) is 6.01. The Labute approximate surface area is 209 Å². The normalized spacial score (nSPS) is 11.4. The lowest BCUT2D eigenvalue weighted by Crippen LogP contribution is -2.15. The number of amides is 1. The summed E-state index contributed by atoms with van der Waals surface area (Å²) in [5, 5.41) is 2.82. The fraction of sp³-hybridized carbons (Fsp3) is 0.148. The molecule has 0 aliphatic carbocycles. The van der Waals surface area contributed by atoms with Gasteiger partial charge in [0.1, 0.15) is 12.4 Å². The number of ether oxygens (including phenoxy) is 1. The monoisotopic (exact) mass is 542 g/mol. The van der Waals surface area contributed by atoms with Gasteiger partial charge in [-0.3, -0.25) is 4.79 Å². The van der Waals surface area contributed by atoms with E-state index in [9.17, 15) is 18.0 Å². The van der Waals surface area contributed by atoms with Gasteiger partial charge in [-0.2, -0.15) is 13.2 Å². The van der Waals surface area contributed by atoms with E-state index in [0.29, 0.717) is 35.0 Å². The Kier molecular flexibility index (Phi) is 7.03. The van der Waals surface area contributed by atoms with Gasteiger partial charge in [0, 0.05) is 27.6 Å². The number of benzene rings is 3. The average molecular weight is 543 g/mol. The number of rotatable bonds is 6. The molecule has 180 valence electrons. The van der Waals surface area contributed by atoms with Crippen LogP contribution in [0.2, 0.25) is 0 Å². The second-order valence-electron chi connectivity index (χ2n) is 8.04. The van der Waals surface area contributed by atoms with Crippen LogP contribution in [0.1, 0.15) is 32.9 Å². The van der Waals surface area contributed by atoms with E-state index in [1.807, 2.05) is 24.3 Å². The van der Waals surface area contributed by atoms with Gasteiger partial charge in [0.05, 0.1) is 16.8 Å². The van der Waals surface area contributed by atoms with Crippen molar-refractivity contribution in [3.63, 3.8) is 0 Å². The minimum atomic E-state index is -4.52. The minimum absolute atomic E-state index is 0.0167. The average Bonchev–Trinajstić information content (AvgIpc) is 3.11. The Morgan fingerprint density at radius 1 is 0.971 bits per heavy atom. The molecule has 1 amide bonds. The van der Waals surface area contributed by atoms with Crippen molar-refractivity contribution in [1.29, 1.82) is 0 Å². The number of carbonyl (C=O) groups is 1. The Morgan fingerprint density at radius 2 is 1.71 bits per heavy atom. The molecule has 0 saturated heterocycles. The predicted molar refractivity (Wildman–Crippen MR) is 133 cm³/mol. The van der Waals surface area contributed by atoms with Crippen molar-refractivity contribution < 1.29 is 22.7 Å². The molecular weight excluding hydrogens is 521 g/mol. The highest BCUT2D eigenvalue weighted by molar-refractivity contribution is 9.10. The van der Waals surface area contributed by atoms with Gasteiger partial charge in [-0.25, -0.2) is 0 Å². The summed E-state index contributed by atoms with van der Waals surface area (Å²) < 4.78 is 49.0. The highest BCUT2D eigenvalue weighted by atomic mass is 79.9. The molecule has 0 spiro atoms. The first-order valence-electron chi connectivity index (χ1n) is 10.8. The predicted octanol–water partition coefficient (Wildman–Crippen LogP) is 7.71. The van der Waals surface area contributed by atoms with Gasteiger partial charge in [0.15, 0.2) is 0 Å². The molecule has 1 aromatic heterocycles. The van der Waals surface area contributed by atoms with Gasteiger partial charge in [-0.1, -0.05) is 46.3 Å². The number of aryl methyl sites for hydroxylation is 1. The summed E-state index contributed by atoms with van der Waals surface area (Å²) in [5.74, 6) is 0.158. The van der Waals surface area contributed by atoms with E-state index < -0.39 is 17.6 Å². The molecule has 0 radical (unpaired) electrons. The number of alkyl halides is 3. The second-order valence-corrected chi connectivity index (χ2v) is 8.95. The maximum atomic E-state index is 13.6. The molecule has 1 heterocycles. The lowest BCUT2D eigenvalue weighted by molar-refractivity contribution is -0.137. The standard InChI is InChI=1S/C27H22BrF3N2O2/c1-17-13-23(18(2)33(17)25-12-4-3-11-24(25)27(29,30)31)26(34)32-21-9-6-10-22(15-21)35-16-19-7-5-8-20(28)14-19/h3-15H,16H2,1-2H3,(H,32,34). The van der Waals surface area contributed by atoms with Crippen LogP contribution < -0.4 is 10.1 Å². The van der Waals surface area contributed by atoms with Crippen LogP contribution in [0.15, 0.2) is 83.3 Å². The van der Waals surface area contributed by atoms with Gasteiger partial charge in [0.25, 0.3) is 5.91 Å². The molecule has 0 unspecified atom stereocenters. The highest BCUT2D eigenvalue weighted by Gasteiger charge is 2.34. The summed E-state index contributed by atoms with van der Waals surface area (Å²) >= 11 is 3.43. The first-order valence-corrected chi connectivity index (χ1v) is 11.6. The molecule has 0 fully saturated rings. The van der Waals surface area contributed by atoms with Crippen molar-refractivity contribution in [3.05, 3.63) is 111 Å². The lowest BCUT2D eigenvalue weighted by atomic mass is 10.1. The first kappa shape index (κ1) is 24.6. The van der Waals surface area contributed by atoms with Crippen LogP contribution in [0.25, 0.3) is 5.69 Å². The molecule has 4 aromatic rings. The second kappa shape index (κ2) is 10.00. The number of nitrogens with zero attached hydrogens (tertiary/aromatic N) is 1. The fourth-order valence-corrected chi connectivity index (χ4v) is 4.37. The van der Waals surface area contributed by atoms with Crippen LogP contribution in [-0.4, -0.2) is 10.5 Å². The van der Waals surface area contributed by atoms with Crippen molar-refractivity contribution in [2.75, 3.05) is 5.32 Å².